The molecule has 0 spiro atoms. The summed E-state index contributed by atoms with van der Waals surface area (Å²) in [6.45, 7) is 3.55. The van der Waals surface area contributed by atoms with Gasteiger partial charge in [-0.15, -0.1) is 0 Å². The van der Waals surface area contributed by atoms with E-state index in [-0.39, 0.29) is 12.3 Å². The van der Waals surface area contributed by atoms with Crippen molar-refractivity contribution in [3.63, 3.8) is 0 Å². The van der Waals surface area contributed by atoms with Crippen molar-refractivity contribution in [1.29, 1.82) is 0 Å². The molecule has 2 N–H and O–H groups in total. The van der Waals surface area contributed by atoms with Crippen molar-refractivity contribution >= 4 is 17.6 Å². The van der Waals surface area contributed by atoms with Crippen LogP contribution in [0.5, 0.6) is 0 Å². The Kier molecular flexibility index (Phi) is 4.05. The fourth-order valence-corrected chi connectivity index (χ4v) is 1.26. The summed E-state index contributed by atoms with van der Waals surface area (Å²) in [5.74, 6) is -1.77. The molecule has 0 heterocycles. The fourth-order valence-electron chi connectivity index (χ4n) is 1.26. The number of aryl methyl sites for hydroxylation is 1. The first-order chi connectivity index (χ1) is 7.49. The zero-order chi connectivity index (χ0) is 12.1. The third-order valence-corrected chi connectivity index (χ3v) is 2.25. The molecule has 0 aliphatic rings. The Bertz CT molecular complexity index is 384. The maximum absolute atomic E-state index is 11.6. The Labute approximate surface area is 94.3 Å². The van der Waals surface area contributed by atoms with E-state index in [1.807, 2.05) is 19.1 Å². The van der Waals surface area contributed by atoms with Crippen LogP contribution in [0.3, 0.4) is 0 Å². The number of carbonyl (C=O) groups is 2. The van der Waals surface area contributed by atoms with E-state index in [0.717, 1.165) is 5.56 Å². The summed E-state index contributed by atoms with van der Waals surface area (Å²) in [6, 6.07) is 7.36. The number of rotatable bonds is 4. The van der Waals surface area contributed by atoms with Gasteiger partial charge in [0.15, 0.2) is 0 Å². The van der Waals surface area contributed by atoms with Crippen molar-refractivity contribution in [2.24, 2.45) is 5.92 Å². The average Bonchev–Trinajstić information content (AvgIpc) is 2.20. The Morgan fingerprint density at radius 2 is 1.88 bits per heavy atom. The van der Waals surface area contributed by atoms with Crippen LogP contribution in [0.1, 0.15) is 18.9 Å². The lowest BCUT2D eigenvalue weighted by Gasteiger charge is -2.10. The average molecular weight is 221 g/mol. The molecule has 16 heavy (non-hydrogen) atoms. The largest absolute Gasteiger partial charge is 0.481 e. The summed E-state index contributed by atoms with van der Waals surface area (Å²) < 4.78 is 0. The first kappa shape index (κ1) is 12.2. The molecule has 86 valence electrons. The lowest BCUT2D eigenvalue weighted by atomic mass is 10.1. The Balaban J connectivity index is 2.57. The van der Waals surface area contributed by atoms with Crippen LogP contribution in [-0.2, 0) is 9.59 Å². The topological polar surface area (TPSA) is 66.4 Å². The van der Waals surface area contributed by atoms with Gasteiger partial charge in [0.2, 0.25) is 5.91 Å². The maximum Gasteiger partial charge on any atom is 0.304 e. The van der Waals surface area contributed by atoms with E-state index < -0.39 is 11.9 Å². The summed E-state index contributed by atoms with van der Waals surface area (Å²) in [4.78, 5) is 22.0. The predicted octanol–water partition coefficient (Wildman–Crippen LogP) is 2.04. The third-order valence-electron chi connectivity index (χ3n) is 2.25. The molecular weight excluding hydrogens is 206 g/mol. The van der Waals surface area contributed by atoms with Gasteiger partial charge in [-0.2, -0.15) is 0 Å². The van der Waals surface area contributed by atoms with Crippen molar-refractivity contribution in [2.45, 2.75) is 20.3 Å². The smallest absolute Gasteiger partial charge is 0.304 e. The number of benzene rings is 1. The molecular formula is C12H15NO3. The van der Waals surface area contributed by atoms with Crippen LogP contribution in [0.4, 0.5) is 5.69 Å². The molecule has 1 unspecified atom stereocenters. The van der Waals surface area contributed by atoms with Crippen molar-refractivity contribution < 1.29 is 14.7 Å². The van der Waals surface area contributed by atoms with Crippen LogP contribution in [0.2, 0.25) is 0 Å². The minimum Gasteiger partial charge on any atom is -0.481 e. The molecule has 0 aromatic heterocycles. The van der Waals surface area contributed by atoms with E-state index in [9.17, 15) is 9.59 Å². The Morgan fingerprint density at radius 1 is 1.31 bits per heavy atom. The molecule has 4 heteroatoms. The number of nitrogens with one attached hydrogen (secondary N) is 1. The predicted molar refractivity (Wildman–Crippen MR) is 61.2 cm³/mol. The van der Waals surface area contributed by atoms with Gasteiger partial charge in [0.25, 0.3) is 0 Å². The van der Waals surface area contributed by atoms with Crippen LogP contribution >= 0.6 is 0 Å². The Hall–Kier alpha value is -1.84. The fraction of sp³-hybridized carbons (Fsp3) is 0.333. The van der Waals surface area contributed by atoms with Crippen LogP contribution in [0.25, 0.3) is 0 Å². The van der Waals surface area contributed by atoms with E-state index in [2.05, 4.69) is 5.32 Å². The van der Waals surface area contributed by atoms with Gasteiger partial charge in [-0.25, -0.2) is 0 Å². The van der Waals surface area contributed by atoms with E-state index in [1.165, 1.54) is 0 Å². The van der Waals surface area contributed by atoms with Crippen LogP contribution in [0, 0.1) is 12.8 Å². The molecule has 0 saturated heterocycles. The van der Waals surface area contributed by atoms with Crippen LogP contribution in [0.15, 0.2) is 24.3 Å². The summed E-state index contributed by atoms with van der Waals surface area (Å²) in [5.41, 5.74) is 1.80. The molecule has 1 amide bonds. The normalized spacial score (nSPS) is 11.9. The minimum atomic E-state index is -0.966. The van der Waals surface area contributed by atoms with Gasteiger partial charge in [-0.05, 0) is 19.1 Å². The molecule has 1 aromatic rings. The molecule has 0 aliphatic carbocycles. The molecule has 0 fully saturated rings. The number of carboxylic acid groups (broad SMARTS) is 1. The van der Waals surface area contributed by atoms with E-state index in [1.54, 1.807) is 19.1 Å². The molecule has 0 aliphatic heterocycles. The number of anilines is 1. The number of hydrogen-bond donors (Lipinski definition) is 2. The summed E-state index contributed by atoms with van der Waals surface area (Å²) in [7, 11) is 0. The minimum absolute atomic E-state index is 0.155. The molecule has 1 aromatic carbocycles. The zero-order valence-electron chi connectivity index (χ0n) is 9.36. The maximum atomic E-state index is 11.6. The van der Waals surface area contributed by atoms with Gasteiger partial charge in [-0.1, -0.05) is 24.6 Å². The highest BCUT2D eigenvalue weighted by atomic mass is 16.4. The van der Waals surface area contributed by atoms with Crippen molar-refractivity contribution in [2.75, 3.05) is 5.32 Å². The van der Waals surface area contributed by atoms with Gasteiger partial charge >= 0.3 is 5.97 Å². The van der Waals surface area contributed by atoms with Gasteiger partial charge in [0, 0.05) is 11.6 Å². The van der Waals surface area contributed by atoms with Gasteiger partial charge < -0.3 is 10.4 Å². The van der Waals surface area contributed by atoms with E-state index >= 15 is 0 Å². The Morgan fingerprint density at radius 3 is 2.38 bits per heavy atom. The summed E-state index contributed by atoms with van der Waals surface area (Å²) >= 11 is 0. The number of carboxylic acids is 1. The van der Waals surface area contributed by atoms with Crippen LogP contribution in [-0.4, -0.2) is 17.0 Å². The summed E-state index contributed by atoms with van der Waals surface area (Å²) in [6.07, 6.45) is -0.155. The van der Waals surface area contributed by atoms with Crippen LogP contribution < -0.4 is 5.32 Å². The molecule has 1 rings (SSSR count). The highest BCUT2D eigenvalue weighted by molar-refractivity contribution is 5.94. The second-order valence-electron chi connectivity index (χ2n) is 3.85. The molecule has 4 nitrogen and oxygen atoms in total. The van der Waals surface area contributed by atoms with Crippen molar-refractivity contribution in [3.8, 4) is 0 Å². The zero-order valence-corrected chi connectivity index (χ0v) is 9.36. The number of hydrogen-bond acceptors (Lipinski definition) is 2. The first-order valence-electron chi connectivity index (χ1n) is 5.08. The second kappa shape index (κ2) is 5.30. The quantitative estimate of drug-likeness (QED) is 0.817. The van der Waals surface area contributed by atoms with Crippen molar-refractivity contribution in [1.82, 2.24) is 0 Å². The lowest BCUT2D eigenvalue weighted by molar-refractivity contribution is -0.139. The second-order valence-corrected chi connectivity index (χ2v) is 3.85. The molecule has 1 atom stereocenters. The molecule has 0 radical (unpaired) electrons. The number of aliphatic carboxylic acids is 1. The van der Waals surface area contributed by atoms with Crippen molar-refractivity contribution in [3.05, 3.63) is 29.8 Å². The first-order valence-corrected chi connectivity index (χ1v) is 5.08. The molecule has 0 saturated carbocycles. The SMILES string of the molecule is Cc1ccc(NC(=O)C(C)CC(=O)O)cc1. The monoisotopic (exact) mass is 221 g/mol. The lowest BCUT2D eigenvalue weighted by Crippen LogP contribution is -2.22. The molecule has 0 bridgehead atoms. The number of carbonyl (C=O) groups excluding carboxylic acids is 1. The summed E-state index contributed by atoms with van der Waals surface area (Å²) in [5, 5.41) is 11.2. The van der Waals surface area contributed by atoms with Gasteiger partial charge in [0.1, 0.15) is 0 Å². The number of amides is 1. The standard InChI is InChI=1S/C12H15NO3/c1-8-3-5-10(6-4-8)13-12(16)9(2)7-11(14)15/h3-6,9H,7H2,1-2H3,(H,13,16)(H,14,15). The third kappa shape index (κ3) is 3.73. The van der Waals surface area contributed by atoms with Gasteiger partial charge in [-0.3, -0.25) is 9.59 Å². The van der Waals surface area contributed by atoms with E-state index in [0.29, 0.717) is 5.69 Å². The highest BCUT2D eigenvalue weighted by Gasteiger charge is 2.16. The highest BCUT2D eigenvalue weighted by Crippen LogP contribution is 2.11. The van der Waals surface area contributed by atoms with Gasteiger partial charge in [0.05, 0.1) is 6.42 Å². The van der Waals surface area contributed by atoms with E-state index in [4.69, 9.17) is 5.11 Å².